The van der Waals surface area contributed by atoms with Crippen molar-refractivity contribution in [2.45, 2.75) is 32.8 Å². The number of amides is 1. The average molecular weight is 304 g/mol. The number of aryl methyl sites for hydroxylation is 1. The molecule has 22 heavy (non-hydrogen) atoms. The first-order valence-electron chi connectivity index (χ1n) is 7.86. The Morgan fingerprint density at radius 3 is 2.77 bits per heavy atom. The van der Waals surface area contributed by atoms with Crippen molar-refractivity contribution in [2.24, 2.45) is 0 Å². The van der Waals surface area contributed by atoms with E-state index in [0.717, 1.165) is 30.9 Å². The van der Waals surface area contributed by atoms with Gasteiger partial charge in [-0.1, -0.05) is 6.07 Å². The van der Waals surface area contributed by atoms with Crippen LogP contribution in [0.5, 0.6) is 5.75 Å². The van der Waals surface area contributed by atoms with E-state index < -0.39 is 0 Å². The van der Waals surface area contributed by atoms with Crippen molar-refractivity contribution in [3.63, 3.8) is 0 Å². The fourth-order valence-electron chi connectivity index (χ4n) is 3.05. The van der Waals surface area contributed by atoms with Gasteiger partial charge in [0.1, 0.15) is 11.4 Å². The largest absolute Gasteiger partial charge is 0.485 e. The molecule has 5 nitrogen and oxygen atoms in total. The van der Waals surface area contributed by atoms with E-state index in [0.29, 0.717) is 19.8 Å². The molecule has 0 saturated carbocycles. The highest BCUT2D eigenvalue weighted by Crippen LogP contribution is 2.42. The van der Waals surface area contributed by atoms with Gasteiger partial charge in [0.2, 0.25) is 5.91 Å². The number of fused-ring (bicyclic) bond motifs is 1. The minimum absolute atomic E-state index is 0.00117. The number of nitrogens with zero attached hydrogens (tertiary/aromatic N) is 1. The Morgan fingerprint density at radius 2 is 2.05 bits per heavy atom. The van der Waals surface area contributed by atoms with Gasteiger partial charge in [-0.3, -0.25) is 9.69 Å². The minimum Gasteiger partial charge on any atom is -0.485 e. The zero-order valence-electron chi connectivity index (χ0n) is 13.6. The SMILES string of the molecule is Cc1ccc(NC(=O)CN2CCOCC2)c2c1CC(C)(C)O2. The quantitative estimate of drug-likeness (QED) is 0.928. The number of hydrogen-bond donors (Lipinski definition) is 1. The summed E-state index contributed by atoms with van der Waals surface area (Å²) in [5, 5.41) is 3.01. The maximum absolute atomic E-state index is 12.3. The van der Waals surface area contributed by atoms with Crippen LogP contribution in [0, 0.1) is 6.92 Å². The third-order valence-corrected chi connectivity index (χ3v) is 4.22. The van der Waals surface area contributed by atoms with Crippen molar-refractivity contribution in [1.82, 2.24) is 4.90 Å². The maximum atomic E-state index is 12.3. The van der Waals surface area contributed by atoms with Gasteiger partial charge in [0.15, 0.2) is 0 Å². The Bertz CT molecular complexity index is 578. The third kappa shape index (κ3) is 3.25. The molecule has 1 saturated heterocycles. The van der Waals surface area contributed by atoms with E-state index >= 15 is 0 Å². The van der Waals surface area contributed by atoms with Gasteiger partial charge in [0, 0.05) is 25.1 Å². The first-order chi connectivity index (χ1) is 10.4. The van der Waals surface area contributed by atoms with Crippen LogP contribution >= 0.6 is 0 Å². The summed E-state index contributed by atoms with van der Waals surface area (Å²) in [5.41, 5.74) is 2.99. The Hall–Kier alpha value is -1.59. The topological polar surface area (TPSA) is 50.8 Å². The summed E-state index contributed by atoms with van der Waals surface area (Å²) in [4.78, 5) is 14.4. The van der Waals surface area contributed by atoms with E-state index in [4.69, 9.17) is 9.47 Å². The van der Waals surface area contributed by atoms with Gasteiger partial charge in [-0.15, -0.1) is 0 Å². The van der Waals surface area contributed by atoms with E-state index in [1.54, 1.807) is 0 Å². The Morgan fingerprint density at radius 1 is 1.32 bits per heavy atom. The number of ether oxygens (including phenoxy) is 2. The zero-order chi connectivity index (χ0) is 15.7. The van der Waals surface area contributed by atoms with Crippen molar-refractivity contribution in [2.75, 3.05) is 38.2 Å². The van der Waals surface area contributed by atoms with E-state index in [2.05, 4.69) is 31.0 Å². The molecule has 1 amide bonds. The second-order valence-corrected chi connectivity index (χ2v) is 6.71. The molecule has 120 valence electrons. The van der Waals surface area contributed by atoms with Gasteiger partial charge in [0.05, 0.1) is 25.4 Å². The van der Waals surface area contributed by atoms with Crippen LogP contribution in [-0.2, 0) is 16.0 Å². The van der Waals surface area contributed by atoms with Crippen LogP contribution in [0.3, 0.4) is 0 Å². The molecule has 0 bridgehead atoms. The summed E-state index contributed by atoms with van der Waals surface area (Å²) in [5.74, 6) is 0.835. The number of morpholine rings is 1. The van der Waals surface area contributed by atoms with Crippen LogP contribution < -0.4 is 10.1 Å². The number of rotatable bonds is 3. The van der Waals surface area contributed by atoms with E-state index in [9.17, 15) is 4.79 Å². The van der Waals surface area contributed by atoms with Gasteiger partial charge >= 0.3 is 0 Å². The second-order valence-electron chi connectivity index (χ2n) is 6.71. The van der Waals surface area contributed by atoms with Crippen LogP contribution in [0.2, 0.25) is 0 Å². The average Bonchev–Trinajstić information content (AvgIpc) is 2.80. The summed E-state index contributed by atoms with van der Waals surface area (Å²) in [6.45, 7) is 9.65. The molecule has 1 aromatic rings. The van der Waals surface area contributed by atoms with Crippen LogP contribution in [0.25, 0.3) is 0 Å². The molecule has 5 heteroatoms. The van der Waals surface area contributed by atoms with Gasteiger partial charge in [0.25, 0.3) is 0 Å². The highest BCUT2D eigenvalue weighted by molar-refractivity contribution is 5.94. The molecule has 0 aliphatic carbocycles. The first-order valence-corrected chi connectivity index (χ1v) is 7.86. The lowest BCUT2D eigenvalue weighted by Crippen LogP contribution is -2.41. The highest BCUT2D eigenvalue weighted by Gasteiger charge is 2.33. The molecule has 0 radical (unpaired) electrons. The fraction of sp³-hybridized carbons (Fsp3) is 0.588. The number of benzene rings is 1. The summed E-state index contributed by atoms with van der Waals surface area (Å²) in [6.07, 6.45) is 0.876. The van der Waals surface area contributed by atoms with E-state index in [1.165, 1.54) is 11.1 Å². The molecule has 3 rings (SSSR count). The molecular formula is C17H24N2O3. The summed E-state index contributed by atoms with van der Waals surface area (Å²) < 4.78 is 11.4. The van der Waals surface area contributed by atoms with Crippen molar-refractivity contribution in [1.29, 1.82) is 0 Å². The predicted molar refractivity (Wildman–Crippen MR) is 85.5 cm³/mol. The monoisotopic (exact) mass is 304 g/mol. The van der Waals surface area contributed by atoms with Gasteiger partial charge < -0.3 is 14.8 Å². The molecule has 0 unspecified atom stereocenters. The van der Waals surface area contributed by atoms with Crippen molar-refractivity contribution in [3.8, 4) is 5.75 Å². The fourth-order valence-corrected chi connectivity index (χ4v) is 3.05. The minimum atomic E-state index is -0.210. The zero-order valence-corrected chi connectivity index (χ0v) is 13.6. The molecular weight excluding hydrogens is 280 g/mol. The molecule has 1 aromatic carbocycles. The lowest BCUT2D eigenvalue weighted by molar-refractivity contribution is -0.118. The molecule has 1 N–H and O–H groups in total. The standard InChI is InChI=1S/C17H24N2O3/c1-12-4-5-14(16-13(12)10-17(2,3)22-16)18-15(20)11-19-6-8-21-9-7-19/h4-5H,6-11H2,1-3H3,(H,18,20). The number of anilines is 1. The molecule has 2 heterocycles. The smallest absolute Gasteiger partial charge is 0.238 e. The van der Waals surface area contributed by atoms with E-state index in [1.807, 2.05) is 12.1 Å². The number of hydrogen-bond acceptors (Lipinski definition) is 4. The Labute approximate surface area is 131 Å². The number of carbonyl (C=O) groups excluding carboxylic acids is 1. The first kappa shape index (κ1) is 15.3. The molecule has 2 aliphatic rings. The van der Waals surface area contributed by atoms with Gasteiger partial charge in [-0.05, 0) is 32.4 Å². The molecule has 0 atom stereocenters. The molecule has 2 aliphatic heterocycles. The van der Waals surface area contributed by atoms with Crippen LogP contribution in [0.15, 0.2) is 12.1 Å². The lowest BCUT2D eigenvalue weighted by atomic mass is 9.98. The van der Waals surface area contributed by atoms with Gasteiger partial charge in [-0.2, -0.15) is 0 Å². The second kappa shape index (κ2) is 5.89. The lowest BCUT2D eigenvalue weighted by Gasteiger charge is -2.26. The Balaban J connectivity index is 1.71. The summed E-state index contributed by atoms with van der Waals surface area (Å²) in [7, 11) is 0. The summed E-state index contributed by atoms with van der Waals surface area (Å²) in [6, 6.07) is 3.99. The number of carbonyl (C=O) groups is 1. The van der Waals surface area contributed by atoms with E-state index in [-0.39, 0.29) is 11.5 Å². The van der Waals surface area contributed by atoms with Crippen molar-refractivity contribution < 1.29 is 14.3 Å². The van der Waals surface area contributed by atoms with Gasteiger partial charge in [-0.25, -0.2) is 0 Å². The molecule has 0 spiro atoms. The molecule has 1 fully saturated rings. The predicted octanol–water partition coefficient (Wildman–Crippen LogP) is 1.98. The van der Waals surface area contributed by atoms with Crippen molar-refractivity contribution in [3.05, 3.63) is 23.3 Å². The molecule has 0 aromatic heterocycles. The third-order valence-electron chi connectivity index (χ3n) is 4.22. The van der Waals surface area contributed by atoms with Crippen LogP contribution in [-0.4, -0.2) is 49.3 Å². The normalized spacial score (nSPS) is 20.3. The van der Waals surface area contributed by atoms with Crippen LogP contribution in [0.1, 0.15) is 25.0 Å². The maximum Gasteiger partial charge on any atom is 0.238 e. The Kier molecular flexibility index (Phi) is 4.10. The summed E-state index contributed by atoms with van der Waals surface area (Å²) >= 11 is 0. The van der Waals surface area contributed by atoms with Crippen molar-refractivity contribution >= 4 is 11.6 Å². The number of nitrogens with one attached hydrogen (secondary N) is 1. The highest BCUT2D eigenvalue weighted by atomic mass is 16.5. The van der Waals surface area contributed by atoms with Crippen LogP contribution in [0.4, 0.5) is 5.69 Å².